The van der Waals surface area contributed by atoms with Crippen molar-refractivity contribution >= 4 is 51.8 Å². The van der Waals surface area contributed by atoms with Gasteiger partial charge >= 0.3 is 0 Å². The minimum absolute atomic E-state index is 0.000576. The molecule has 0 bridgehead atoms. The monoisotopic (exact) mass is 445 g/mol. The Hall–Kier alpha value is -3.52. The zero-order chi connectivity index (χ0) is 21.8. The van der Waals surface area contributed by atoms with Crippen LogP contribution in [0.4, 0.5) is 5.69 Å². The normalized spacial score (nSPS) is 11.3. The molecule has 4 aromatic rings. The Bertz CT molecular complexity index is 1350. The Morgan fingerprint density at radius 3 is 2.58 bits per heavy atom. The summed E-state index contributed by atoms with van der Waals surface area (Å²) in [5.74, 6) is -0.493. The molecule has 0 atom stereocenters. The molecule has 4 nitrogen and oxygen atoms in total. The summed E-state index contributed by atoms with van der Waals surface area (Å²) < 4.78 is 2.06. The van der Waals surface area contributed by atoms with Gasteiger partial charge in [0, 0.05) is 44.9 Å². The number of fused-ring (bicyclic) bond motifs is 1. The number of carbonyl (C=O) groups excluding carboxylic acids is 1. The van der Waals surface area contributed by atoms with Gasteiger partial charge in [0.05, 0.1) is 0 Å². The second kappa shape index (κ2) is 9.09. The van der Waals surface area contributed by atoms with Gasteiger partial charge in [-0.05, 0) is 42.0 Å². The predicted octanol–water partition coefficient (Wildman–Crippen LogP) is 6.54. The first-order valence-electron chi connectivity index (χ1n) is 9.55. The van der Waals surface area contributed by atoms with Gasteiger partial charge < -0.3 is 9.88 Å². The van der Waals surface area contributed by atoms with Gasteiger partial charge in [0.1, 0.15) is 11.6 Å². The number of benzene rings is 3. The number of hydrogen-bond donors (Lipinski definition) is 1. The molecule has 1 heterocycles. The maximum Gasteiger partial charge on any atom is 0.266 e. The maximum atomic E-state index is 12.7. The lowest BCUT2D eigenvalue weighted by Crippen LogP contribution is -2.13. The largest absolute Gasteiger partial charge is 0.342 e. The highest BCUT2D eigenvalue weighted by Gasteiger charge is 2.13. The number of carbonyl (C=O) groups is 1. The third-order valence-electron chi connectivity index (χ3n) is 4.87. The molecule has 0 aliphatic rings. The quantitative estimate of drug-likeness (QED) is 0.280. The molecule has 6 heteroatoms. The van der Waals surface area contributed by atoms with Crippen LogP contribution in [-0.4, -0.2) is 10.5 Å². The highest BCUT2D eigenvalue weighted by molar-refractivity contribution is 6.31. The zero-order valence-corrected chi connectivity index (χ0v) is 17.9. The average molecular weight is 446 g/mol. The van der Waals surface area contributed by atoms with E-state index in [9.17, 15) is 10.1 Å². The van der Waals surface area contributed by atoms with Gasteiger partial charge in [-0.2, -0.15) is 5.26 Å². The second-order valence-electron chi connectivity index (χ2n) is 6.96. The van der Waals surface area contributed by atoms with Crippen LogP contribution in [0.2, 0.25) is 10.0 Å². The van der Waals surface area contributed by atoms with Crippen LogP contribution >= 0.6 is 23.2 Å². The minimum Gasteiger partial charge on any atom is -0.342 e. The summed E-state index contributed by atoms with van der Waals surface area (Å²) in [5, 5.41) is 14.5. The fourth-order valence-corrected chi connectivity index (χ4v) is 3.79. The number of aromatic nitrogens is 1. The summed E-state index contributed by atoms with van der Waals surface area (Å²) in [4.78, 5) is 12.7. The van der Waals surface area contributed by atoms with Crippen molar-refractivity contribution in [3.63, 3.8) is 0 Å². The first-order valence-corrected chi connectivity index (χ1v) is 10.3. The average Bonchev–Trinajstić information content (AvgIpc) is 3.11. The summed E-state index contributed by atoms with van der Waals surface area (Å²) in [5.41, 5.74) is 3.28. The van der Waals surface area contributed by atoms with Crippen LogP contribution in [0, 0.1) is 11.3 Å². The van der Waals surface area contributed by atoms with Crippen molar-refractivity contribution in [1.82, 2.24) is 4.57 Å². The standard InChI is InChI=1S/C25H17Cl2N3O/c26-20-7-5-8-21(13-20)29-25(31)18(14-28)12-19-16-30(24-11-4-2-9-22(19)24)15-17-6-1-3-10-23(17)27/h1-13,16H,15H2,(H,29,31)/b18-12+. The minimum atomic E-state index is -0.493. The lowest BCUT2D eigenvalue weighted by molar-refractivity contribution is -0.112. The van der Waals surface area contributed by atoms with Gasteiger partial charge in [0.25, 0.3) is 5.91 Å². The molecule has 0 saturated heterocycles. The van der Waals surface area contributed by atoms with Crippen molar-refractivity contribution in [2.24, 2.45) is 0 Å². The zero-order valence-electron chi connectivity index (χ0n) is 16.3. The Morgan fingerprint density at radius 1 is 1.03 bits per heavy atom. The van der Waals surface area contributed by atoms with E-state index in [1.807, 2.05) is 60.8 Å². The van der Waals surface area contributed by atoms with E-state index in [4.69, 9.17) is 23.2 Å². The molecule has 0 spiro atoms. The van der Waals surface area contributed by atoms with Crippen LogP contribution in [-0.2, 0) is 11.3 Å². The van der Waals surface area contributed by atoms with E-state index >= 15 is 0 Å². The summed E-state index contributed by atoms with van der Waals surface area (Å²) in [6.07, 6.45) is 3.53. The van der Waals surface area contributed by atoms with E-state index < -0.39 is 5.91 Å². The second-order valence-corrected chi connectivity index (χ2v) is 7.80. The lowest BCUT2D eigenvalue weighted by Gasteiger charge is -2.07. The SMILES string of the molecule is N#C/C(=C\c1cn(Cc2ccccc2Cl)c2ccccc12)C(=O)Nc1cccc(Cl)c1. The number of halogens is 2. The Morgan fingerprint density at radius 2 is 1.81 bits per heavy atom. The van der Waals surface area contributed by atoms with Crippen molar-refractivity contribution in [1.29, 1.82) is 5.26 Å². The molecule has 0 fully saturated rings. The number of rotatable bonds is 5. The predicted molar refractivity (Wildman–Crippen MR) is 126 cm³/mol. The number of nitriles is 1. The van der Waals surface area contributed by atoms with Crippen LogP contribution in [0.25, 0.3) is 17.0 Å². The number of nitrogens with one attached hydrogen (secondary N) is 1. The third-order valence-corrected chi connectivity index (χ3v) is 5.47. The Labute approximate surface area is 189 Å². The van der Waals surface area contributed by atoms with Crippen LogP contribution in [0.15, 0.2) is 84.6 Å². The smallest absolute Gasteiger partial charge is 0.266 e. The number of amides is 1. The first-order chi connectivity index (χ1) is 15.0. The van der Waals surface area contributed by atoms with Gasteiger partial charge in [-0.25, -0.2) is 0 Å². The molecule has 0 radical (unpaired) electrons. The van der Waals surface area contributed by atoms with Gasteiger partial charge in [0.2, 0.25) is 0 Å². The highest BCUT2D eigenvalue weighted by Crippen LogP contribution is 2.26. The summed E-state index contributed by atoms with van der Waals surface area (Å²) in [6.45, 7) is 0.574. The van der Waals surface area contributed by atoms with Gasteiger partial charge in [-0.1, -0.05) is 65.7 Å². The van der Waals surface area contributed by atoms with Crippen molar-refractivity contribution < 1.29 is 4.79 Å². The number of anilines is 1. The molecule has 1 amide bonds. The Kier molecular flexibility index (Phi) is 6.08. The van der Waals surface area contributed by atoms with E-state index in [2.05, 4.69) is 9.88 Å². The first kappa shape index (κ1) is 20.7. The molecule has 0 aliphatic carbocycles. The highest BCUT2D eigenvalue weighted by atomic mass is 35.5. The van der Waals surface area contributed by atoms with E-state index in [0.29, 0.717) is 22.3 Å². The van der Waals surface area contributed by atoms with Crippen molar-refractivity contribution in [3.05, 3.63) is 106 Å². The lowest BCUT2D eigenvalue weighted by atomic mass is 10.1. The number of hydrogen-bond acceptors (Lipinski definition) is 2. The molecule has 0 unspecified atom stereocenters. The van der Waals surface area contributed by atoms with Crippen LogP contribution in [0.5, 0.6) is 0 Å². The summed E-state index contributed by atoms with van der Waals surface area (Å²) in [6, 6.07) is 24.3. The van der Waals surface area contributed by atoms with E-state index in [1.54, 1.807) is 30.3 Å². The molecule has 1 aromatic heterocycles. The van der Waals surface area contributed by atoms with Crippen molar-refractivity contribution in [2.75, 3.05) is 5.32 Å². The molecule has 31 heavy (non-hydrogen) atoms. The van der Waals surface area contributed by atoms with E-state index in [1.165, 1.54) is 0 Å². The molecule has 0 saturated carbocycles. The number of nitrogens with zero attached hydrogens (tertiary/aromatic N) is 2. The molecule has 152 valence electrons. The molecule has 4 rings (SSSR count). The van der Waals surface area contributed by atoms with Crippen molar-refractivity contribution in [2.45, 2.75) is 6.54 Å². The topological polar surface area (TPSA) is 57.8 Å². The molecular formula is C25H17Cl2N3O. The van der Waals surface area contributed by atoms with E-state index in [-0.39, 0.29) is 5.57 Å². The maximum absolute atomic E-state index is 12.7. The fraction of sp³-hybridized carbons (Fsp3) is 0.0400. The number of para-hydroxylation sites is 1. The van der Waals surface area contributed by atoms with Crippen LogP contribution < -0.4 is 5.32 Å². The summed E-state index contributed by atoms with van der Waals surface area (Å²) >= 11 is 12.3. The third kappa shape index (κ3) is 4.64. The van der Waals surface area contributed by atoms with E-state index in [0.717, 1.165) is 22.0 Å². The fourth-order valence-electron chi connectivity index (χ4n) is 3.40. The van der Waals surface area contributed by atoms with Crippen molar-refractivity contribution in [3.8, 4) is 6.07 Å². The van der Waals surface area contributed by atoms with Crippen LogP contribution in [0.1, 0.15) is 11.1 Å². The molecule has 1 N–H and O–H groups in total. The summed E-state index contributed by atoms with van der Waals surface area (Å²) in [7, 11) is 0. The van der Waals surface area contributed by atoms with Gasteiger partial charge in [0.15, 0.2) is 0 Å². The van der Waals surface area contributed by atoms with Gasteiger partial charge in [-0.15, -0.1) is 0 Å². The van der Waals surface area contributed by atoms with Gasteiger partial charge in [-0.3, -0.25) is 4.79 Å². The van der Waals surface area contributed by atoms with Crippen LogP contribution in [0.3, 0.4) is 0 Å². The molecular weight excluding hydrogens is 429 g/mol. The molecule has 0 aliphatic heterocycles. The molecule has 3 aromatic carbocycles. The Balaban J connectivity index is 1.70.